The van der Waals surface area contributed by atoms with Crippen molar-refractivity contribution < 1.29 is 55.3 Å². The van der Waals surface area contributed by atoms with Crippen LogP contribution < -0.4 is 29.6 Å². The minimum Gasteiger partial charge on any atom is -1.00 e. The van der Waals surface area contributed by atoms with E-state index in [2.05, 4.69) is 40.7 Å². The van der Waals surface area contributed by atoms with Gasteiger partial charge in [0.05, 0.1) is 6.10 Å². The Kier molecular flexibility index (Phi) is 11.1. The van der Waals surface area contributed by atoms with Crippen LogP contribution in [0.3, 0.4) is 0 Å². The molecule has 0 aromatic heterocycles. The van der Waals surface area contributed by atoms with E-state index in [1.54, 1.807) is 5.57 Å². The van der Waals surface area contributed by atoms with Crippen molar-refractivity contribution in [2.24, 2.45) is 46.3 Å². The first-order valence-corrected chi connectivity index (χ1v) is 15.0. The molecular weight excluding hydrogens is 458 g/mol. The first kappa shape index (κ1) is 31.0. The van der Waals surface area contributed by atoms with Gasteiger partial charge in [-0.1, -0.05) is 65.5 Å². The maximum Gasteiger partial charge on any atom is 1.00 e. The molecular formula is C27H50NaO5P. The van der Waals surface area contributed by atoms with Gasteiger partial charge >= 0.3 is 37.4 Å². The maximum absolute atomic E-state index is 10.2. The zero-order chi connectivity index (χ0) is 24.6. The van der Waals surface area contributed by atoms with Crippen LogP contribution in [0.1, 0.15) is 107 Å². The van der Waals surface area contributed by atoms with Crippen molar-refractivity contribution in [3.8, 4) is 0 Å². The summed E-state index contributed by atoms with van der Waals surface area (Å²) in [4.78, 5) is 21.6. The van der Waals surface area contributed by atoms with Crippen molar-refractivity contribution in [2.45, 2.75) is 111 Å². The van der Waals surface area contributed by atoms with Gasteiger partial charge in [0.15, 0.2) is 0 Å². The van der Waals surface area contributed by atoms with E-state index in [9.17, 15) is 5.11 Å². The van der Waals surface area contributed by atoms with Crippen molar-refractivity contribution in [3.63, 3.8) is 0 Å². The third kappa shape index (κ3) is 7.01. The molecule has 0 bridgehead atoms. The van der Waals surface area contributed by atoms with Crippen LogP contribution in [-0.2, 0) is 4.57 Å². The molecule has 8 atom stereocenters. The average Bonchev–Trinajstić information content (AvgIpc) is 3.04. The number of phosphoric acid groups is 1. The Morgan fingerprint density at radius 2 is 1.68 bits per heavy atom. The van der Waals surface area contributed by atoms with Gasteiger partial charge in [0.1, 0.15) is 0 Å². The van der Waals surface area contributed by atoms with E-state index in [-0.39, 0.29) is 37.1 Å². The van der Waals surface area contributed by atoms with Crippen molar-refractivity contribution >= 4 is 7.82 Å². The molecule has 5 nitrogen and oxygen atoms in total. The first-order chi connectivity index (χ1) is 15.3. The quantitative estimate of drug-likeness (QED) is 0.259. The summed E-state index contributed by atoms with van der Waals surface area (Å²) in [5.41, 5.74) is 2.60. The maximum atomic E-state index is 10.2. The second-order valence-electron chi connectivity index (χ2n) is 12.7. The van der Waals surface area contributed by atoms with Crippen LogP contribution >= 0.6 is 7.82 Å². The van der Waals surface area contributed by atoms with Gasteiger partial charge in [-0.25, -0.2) is 4.57 Å². The molecule has 0 radical (unpaired) electrons. The molecule has 1 unspecified atom stereocenters. The average molecular weight is 509 g/mol. The van der Waals surface area contributed by atoms with E-state index in [0.29, 0.717) is 10.8 Å². The van der Waals surface area contributed by atoms with Gasteiger partial charge < -0.3 is 21.2 Å². The molecule has 0 amide bonds. The summed E-state index contributed by atoms with van der Waals surface area (Å²) in [5.74, 6) is 5.46. The molecule has 0 heterocycles. The third-order valence-corrected chi connectivity index (χ3v) is 10.3. The van der Waals surface area contributed by atoms with Crippen LogP contribution in [-0.4, -0.2) is 25.9 Å². The van der Waals surface area contributed by atoms with Gasteiger partial charge in [0.2, 0.25) is 0 Å². The molecule has 3 saturated carbocycles. The Morgan fingerprint density at radius 1 is 1.03 bits per heavy atom. The summed E-state index contributed by atoms with van der Waals surface area (Å²) in [6.07, 6.45) is 17.2. The van der Waals surface area contributed by atoms with Crippen LogP contribution in [0.5, 0.6) is 0 Å². The molecule has 0 aromatic rings. The molecule has 7 heteroatoms. The zero-order valence-corrected chi connectivity index (χ0v) is 25.4. The van der Waals surface area contributed by atoms with Crippen molar-refractivity contribution in [1.82, 2.24) is 0 Å². The minimum atomic E-state index is -4.64. The fourth-order valence-corrected chi connectivity index (χ4v) is 8.67. The molecule has 4 rings (SSSR count). The van der Waals surface area contributed by atoms with Gasteiger partial charge in [-0.2, -0.15) is 0 Å². The van der Waals surface area contributed by atoms with Crippen LogP contribution in [0.4, 0.5) is 0 Å². The Labute approximate surface area is 231 Å². The number of fused-ring (bicyclic) bond motifs is 5. The molecule has 194 valence electrons. The second-order valence-corrected chi connectivity index (χ2v) is 13.7. The summed E-state index contributed by atoms with van der Waals surface area (Å²) in [6.45, 7) is 12.6. The second kappa shape index (κ2) is 12.1. The van der Waals surface area contributed by atoms with E-state index in [4.69, 9.17) is 19.2 Å². The summed E-state index contributed by atoms with van der Waals surface area (Å²) >= 11 is 0. The minimum absolute atomic E-state index is 0. The van der Waals surface area contributed by atoms with Crippen LogP contribution in [0.15, 0.2) is 11.6 Å². The van der Waals surface area contributed by atoms with Crippen LogP contribution in [0.2, 0.25) is 0 Å². The molecule has 4 aliphatic carbocycles. The van der Waals surface area contributed by atoms with Gasteiger partial charge in [0, 0.05) is 0 Å². The molecule has 0 spiro atoms. The SMILES string of the molecule is CC(C)CCCC(C)[C@H]1CC[C@H]2[C@@H]3CC=C4C[C@@H](O)CC[C@]4(C)[C@H]3CC[C@]12C.O=P(O)(O)O.[H-].[Na+]. The van der Waals surface area contributed by atoms with Crippen LogP contribution in [0, 0.1) is 46.3 Å². The topological polar surface area (TPSA) is 98.0 Å². The zero-order valence-electron chi connectivity index (χ0n) is 23.5. The molecule has 0 aliphatic heterocycles. The number of aliphatic hydroxyl groups is 1. The molecule has 3 fully saturated rings. The largest absolute Gasteiger partial charge is 1.00 e. The Hall–Kier alpha value is 0.810. The summed E-state index contributed by atoms with van der Waals surface area (Å²) in [7, 11) is -4.64. The van der Waals surface area contributed by atoms with E-state index < -0.39 is 7.82 Å². The fourth-order valence-electron chi connectivity index (χ4n) is 8.67. The molecule has 4 N–H and O–H groups in total. The summed E-state index contributed by atoms with van der Waals surface area (Å²) in [6, 6.07) is 0. The predicted octanol–water partition coefficient (Wildman–Crippen LogP) is 3.58. The first-order valence-electron chi connectivity index (χ1n) is 13.4. The molecule has 0 saturated heterocycles. The van der Waals surface area contributed by atoms with Gasteiger partial charge in [-0.15, -0.1) is 0 Å². The third-order valence-electron chi connectivity index (χ3n) is 10.3. The van der Waals surface area contributed by atoms with Gasteiger partial charge in [-0.3, -0.25) is 0 Å². The fraction of sp³-hybridized carbons (Fsp3) is 0.926. The Balaban J connectivity index is 0.000000798. The van der Waals surface area contributed by atoms with E-state index in [1.165, 1.54) is 57.8 Å². The molecule has 0 aromatic carbocycles. The molecule has 34 heavy (non-hydrogen) atoms. The number of hydrogen-bond acceptors (Lipinski definition) is 2. The molecule has 4 aliphatic rings. The number of aliphatic hydroxyl groups excluding tert-OH is 1. The van der Waals surface area contributed by atoms with E-state index >= 15 is 0 Å². The van der Waals surface area contributed by atoms with Crippen molar-refractivity contribution in [1.29, 1.82) is 0 Å². The number of allylic oxidation sites excluding steroid dienone is 1. The Bertz CT molecular complexity index is 750. The van der Waals surface area contributed by atoms with Crippen molar-refractivity contribution in [2.75, 3.05) is 0 Å². The summed E-state index contributed by atoms with van der Waals surface area (Å²) in [5, 5.41) is 10.2. The van der Waals surface area contributed by atoms with E-state index in [1.807, 2.05) is 0 Å². The van der Waals surface area contributed by atoms with Crippen molar-refractivity contribution in [3.05, 3.63) is 11.6 Å². The monoisotopic (exact) mass is 508 g/mol. The van der Waals surface area contributed by atoms with Crippen LogP contribution in [0.25, 0.3) is 0 Å². The predicted molar refractivity (Wildman–Crippen MR) is 134 cm³/mol. The summed E-state index contributed by atoms with van der Waals surface area (Å²) < 4.78 is 8.88. The van der Waals surface area contributed by atoms with E-state index in [0.717, 1.165) is 48.3 Å². The van der Waals surface area contributed by atoms with Gasteiger partial charge in [-0.05, 0) is 97.7 Å². The smallest absolute Gasteiger partial charge is 1.00 e. The number of hydrogen-bond donors (Lipinski definition) is 4. The Morgan fingerprint density at radius 3 is 2.29 bits per heavy atom. The number of rotatable bonds is 5. The standard InChI is InChI=1S/C27H46O.Na.H3O4P.H/c1-18(2)7-6-8-19(3)23-11-12-24-22-10-9-20-17-21(28)13-15-26(20,4)25(22)14-16-27(23,24)5;;1-5(2,3)4;/h9,18-19,21-25,28H,6-8,10-17H2,1-5H3;;(H3,1,2,3,4);/q;+1;;-1/t19?,21-,22-,23+,24-,25-,26-,27+;;;/m0.../s1. The normalized spacial score (nSPS) is 40.1. The van der Waals surface area contributed by atoms with Gasteiger partial charge in [0.25, 0.3) is 0 Å².